The molecule has 1 saturated heterocycles. The predicted octanol–water partition coefficient (Wildman–Crippen LogP) is 7.12. The SMILES string of the molecule is O=C1NC(=Nc2ccccc2Cl)S/C1=C/c1ccccc1OCc1ccc(Cl)cc1Cl. The van der Waals surface area contributed by atoms with E-state index < -0.39 is 0 Å². The number of carbonyl (C=O) groups excluding carboxylic acids is 1. The molecule has 1 N–H and O–H groups in total. The van der Waals surface area contributed by atoms with Crippen LogP contribution in [-0.4, -0.2) is 11.1 Å². The van der Waals surface area contributed by atoms with Gasteiger partial charge in [-0.1, -0.05) is 71.2 Å². The molecule has 0 radical (unpaired) electrons. The van der Waals surface area contributed by atoms with E-state index in [2.05, 4.69) is 10.3 Å². The van der Waals surface area contributed by atoms with Crippen LogP contribution in [-0.2, 0) is 11.4 Å². The van der Waals surface area contributed by atoms with E-state index in [0.29, 0.717) is 36.6 Å². The highest BCUT2D eigenvalue weighted by molar-refractivity contribution is 8.18. The van der Waals surface area contributed by atoms with E-state index in [1.165, 1.54) is 11.8 Å². The van der Waals surface area contributed by atoms with Crippen molar-refractivity contribution >= 4 is 69.4 Å². The van der Waals surface area contributed by atoms with Gasteiger partial charge >= 0.3 is 0 Å². The van der Waals surface area contributed by atoms with E-state index in [4.69, 9.17) is 39.5 Å². The molecule has 4 rings (SSSR count). The summed E-state index contributed by atoms with van der Waals surface area (Å²) in [6.07, 6.45) is 1.77. The number of para-hydroxylation sites is 2. The highest BCUT2D eigenvalue weighted by atomic mass is 35.5. The number of halogens is 3. The predicted molar refractivity (Wildman–Crippen MR) is 129 cm³/mol. The largest absolute Gasteiger partial charge is 0.488 e. The number of nitrogens with one attached hydrogen (secondary N) is 1. The summed E-state index contributed by atoms with van der Waals surface area (Å²) >= 11 is 19.6. The van der Waals surface area contributed by atoms with E-state index in [1.807, 2.05) is 42.5 Å². The quantitative estimate of drug-likeness (QED) is 0.388. The Bertz CT molecular complexity index is 1210. The number of amides is 1. The fourth-order valence-electron chi connectivity index (χ4n) is 2.80. The van der Waals surface area contributed by atoms with Gasteiger partial charge in [0.25, 0.3) is 5.91 Å². The first-order valence-electron chi connectivity index (χ1n) is 9.19. The van der Waals surface area contributed by atoms with Crippen LogP contribution in [0.5, 0.6) is 5.75 Å². The van der Waals surface area contributed by atoms with Gasteiger partial charge in [0, 0.05) is 21.2 Å². The molecule has 3 aromatic rings. The number of benzene rings is 3. The van der Waals surface area contributed by atoms with Gasteiger partial charge in [0.2, 0.25) is 0 Å². The van der Waals surface area contributed by atoms with Crippen molar-refractivity contribution in [2.24, 2.45) is 4.99 Å². The van der Waals surface area contributed by atoms with Gasteiger partial charge in [0.15, 0.2) is 5.17 Å². The third-order valence-corrected chi connectivity index (χ3v) is 6.15. The van der Waals surface area contributed by atoms with Crippen LogP contribution in [0.15, 0.2) is 76.6 Å². The average molecular weight is 490 g/mol. The molecule has 0 atom stereocenters. The molecule has 8 heteroatoms. The van der Waals surface area contributed by atoms with Gasteiger partial charge in [0.1, 0.15) is 12.4 Å². The number of rotatable bonds is 5. The minimum Gasteiger partial charge on any atom is -0.488 e. The van der Waals surface area contributed by atoms with Crippen molar-refractivity contribution in [1.29, 1.82) is 0 Å². The van der Waals surface area contributed by atoms with E-state index in [9.17, 15) is 4.79 Å². The Hall–Kier alpha value is -2.44. The van der Waals surface area contributed by atoms with E-state index in [-0.39, 0.29) is 12.5 Å². The third kappa shape index (κ3) is 5.43. The van der Waals surface area contributed by atoms with Gasteiger partial charge < -0.3 is 10.1 Å². The number of nitrogens with zero attached hydrogens (tertiary/aromatic N) is 1. The first-order valence-corrected chi connectivity index (χ1v) is 11.1. The number of carbonyl (C=O) groups is 1. The van der Waals surface area contributed by atoms with Crippen LogP contribution in [0, 0.1) is 0 Å². The van der Waals surface area contributed by atoms with Crippen molar-refractivity contribution in [2.45, 2.75) is 6.61 Å². The van der Waals surface area contributed by atoms with Crippen molar-refractivity contribution in [3.05, 3.63) is 97.8 Å². The number of aliphatic imine (C=N–C) groups is 1. The molecule has 0 bridgehead atoms. The van der Waals surface area contributed by atoms with E-state index in [0.717, 1.165) is 11.1 Å². The third-order valence-electron chi connectivity index (χ3n) is 4.33. The summed E-state index contributed by atoms with van der Waals surface area (Å²) in [5.74, 6) is 0.400. The van der Waals surface area contributed by atoms with Gasteiger partial charge in [0.05, 0.1) is 15.6 Å². The highest BCUT2D eigenvalue weighted by Gasteiger charge is 2.24. The number of hydrogen-bond donors (Lipinski definition) is 1. The first kappa shape index (κ1) is 21.8. The molecule has 0 unspecified atom stereocenters. The summed E-state index contributed by atoms with van der Waals surface area (Å²) in [6, 6.07) is 19.9. The van der Waals surface area contributed by atoms with Crippen molar-refractivity contribution in [3.8, 4) is 5.75 Å². The second kappa shape index (κ2) is 9.79. The first-order chi connectivity index (χ1) is 15.0. The summed E-state index contributed by atoms with van der Waals surface area (Å²) in [6.45, 7) is 0.273. The van der Waals surface area contributed by atoms with Crippen LogP contribution >= 0.6 is 46.6 Å². The molecule has 0 aromatic heterocycles. The highest BCUT2D eigenvalue weighted by Crippen LogP contribution is 2.32. The zero-order valence-corrected chi connectivity index (χ0v) is 19.0. The molecule has 0 spiro atoms. The smallest absolute Gasteiger partial charge is 0.264 e. The Morgan fingerprint density at radius 3 is 2.55 bits per heavy atom. The van der Waals surface area contributed by atoms with Gasteiger partial charge in [-0.2, -0.15) is 0 Å². The van der Waals surface area contributed by atoms with Crippen molar-refractivity contribution < 1.29 is 9.53 Å². The zero-order valence-electron chi connectivity index (χ0n) is 15.9. The van der Waals surface area contributed by atoms with Gasteiger partial charge in [-0.15, -0.1) is 0 Å². The number of hydrogen-bond acceptors (Lipinski definition) is 4. The van der Waals surface area contributed by atoms with Crippen LogP contribution in [0.25, 0.3) is 6.08 Å². The van der Waals surface area contributed by atoms with Crippen LogP contribution < -0.4 is 10.1 Å². The van der Waals surface area contributed by atoms with Crippen LogP contribution in [0.2, 0.25) is 15.1 Å². The zero-order chi connectivity index (χ0) is 21.8. The number of thioether (sulfide) groups is 1. The summed E-state index contributed by atoms with van der Waals surface area (Å²) < 4.78 is 5.97. The normalized spacial score (nSPS) is 16.0. The summed E-state index contributed by atoms with van der Waals surface area (Å²) in [5.41, 5.74) is 2.18. The van der Waals surface area contributed by atoms with Gasteiger partial charge in [-0.25, -0.2) is 4.99 Å². The molecule has 4 nitrogen and oxygen atoms in total. The number of ether oxygens (including phenoxy) is 1. The molecule has 31 heavy (non-hydrogen) atoms. The Balaban J connectivity index is 1.54. The molecular formula is C23H15Cl3N2O2S. The lowest BCUT2D eigenvalue weighted by Gasteiger charge is -2.11. The molecule has 1 amide bonds. The summed E-state index contributed by atoms with van der Waals surface area (Å²) in [4.78, 5) is 17.4. The van der Waals surface area contributed by atoms with Crippen LogP contribution in [0.3, 0.4) is 0 Å². The lowest BCUT2D eigenvalue weighted by molar-refractivity contribution is -0.115. The molecule has 0 saturated carbocycles. The van der Waals surface area contributed by atoms with Gasteiger partial charge in [-0.3, -0.25) is 4.79 Å². The molecule has 156 valence electrons. The Morgan fingerprint density at radius 1 is 0.968 bits per heavy atom. The lowest BCUT2D eigenvalue weighted by Crippen LogP contribution is -2.19. The van der Waals surface area contributed by atoms with Gasteiger partial charge in [-0.05, 0) is 48.2 Å². The van der Waals surface area contributed by atoms with E-state index in [1.54, 1.807) is 30.3 Å². The monoisotopic (exact) mass is 488 g/mol. The maximum Gasteiger partial charge on any atom is 0.264 e. The standard InChI is InChI=1S/C23H15Cl3N2O2S/c24-16-10-9-15(18(26)12-16)13-30-20-8-4-1-5-14(20)11-21-22(29)28-23(31-21)27-19-7-3-2-6-17(19)25/h1-12H,13H2,(H,27,28,29)/b21-11+. The fraction of sp³-hybridized carbons (Fsp3) is 0.0435. The molecule has 1 heterocycles. The fourth-order valence-corrected chi connectivity index (χ4v) is 4.27. The lowest BCUT2D eigenvalue weighted by atomic mass is 10.2. The molecule has 0 aliphatic carbocycles. The Morgan fingerprint density at radius 2 is 1.74 bits per heavy atom. The molecule has 1 aliphatic rings. The summed E-state index contributed by atoms with van der Waals surface area (Å²) in [5, 5.41) is 4.85. The second-order valence-electron chi connectivity index (χ2n) is 6.50. The number of amidine groups is 1. The maximum absolute atomic E-state index is 12.4. The van der Waals surface area contributed by atoms with Crippen LogP contribution in [0.1, 0.15) is 11.1 Å². The van der Waals surface area contributed by atoms with Crippen LogP contribution in [0.4, 0.5) is 5.69 Å². The van der Waals surface area contributed by atoms with Crippen molar-refractivity contribution in [1.82, 2.24) is 5.32 Å². The topological polar surface area (TPSA) is 50.7 Å². The maximum atomic E-state index is 12.4. The van der Waals surface area contributed by atoms with Crippen molar-refractivity contribution in [3.63, 3.8) is 0 Å². The minimum absolute atomic E-state index is 0.230. The Kier molecular flexibility index (Phi) is 6.88. The molecule has 1 fully saturated rings. The van der Waals surface area contributed by atoms with Crippen molar-refractivity contribution in [2.75, 3.05) is 0 Å². The molecule has 3 aromatic carbocycles. The Labute approximate surface area is 198 Å². The second-order valence-corrected chi connectivity index (χ2v) is 8.78. The molecule has 1 aliphatic heterocycles. The summed E-state index contributed by atoms with van der Waals surface area (Å²) in [7, 11) is 0. The van der Waals surface area contributed by atoms with E-state index >= 15 is 0 Å². The minimum atomic E-state index is -0.230. The average Bonchev–Trinajstić information content (AvgIpc) is 3.09. The molecular weight excluding hydrogens is 475 g/mol.